The molecule has 0 aromatic rings. The monoisotopic (exact) mass is 201 g/mol. The molecule has 0 aliphatic carbocycles. The van der Waals surface area contributed by atoms with Crippen LogP contribution in [0.25, 0.3) is 0 Å². The van der Waals surface area contributed by atoms with Crippen molar-refractivity contribution in [2.24, 2.45) is 0 Å². The van der Waals surface area contributed by atoms with Gasteiger partial charge in [0, 0.05) is 6.04 Å². The summed E-state index contributed by atoms with van der Waals surface area (Å²) in [4.78, 5) is 2.46. The molecule has 0 aromatic heterocycles. The highest BCUT2D eigenvalue weighted by atomic mass is 19.5. The van der Waals surface area contributed by atoms with Gasteiger partial charge in [-0.1, -0.05) is 6.92 Å². The Morgan fingerprint density at radius 3 is 2.00 bits per heavy atom. The van der Waals surface area contributed by atoms with E-state index < -0.39 is 7.25 Å². The zero-order valence-electron chi connectivity index (χ0n) is 8.94. The lowest BCUT2D eigenvalue weighted by Gasteiger charge is -2.16. The molecule has 0 saturated carbocycles. The summed E-state index contributed by atoms with van der Waals surface area (Å²) in [5.41, 5.74) is 0. The van der Waals surface area contributed by atoms with Crippen LogP contribution >= 0.6 is 0 Å². The lowest BCUT2D eigenvalue weighted by Crippen LogP contribution is -2.23. The number of likely N-dealkylation sites (tertiary alicyclic amines) is 1. The van der Waals surface area contributed by atoms with Gasteiger partial charge >= 0.3 is 8.68 Å². The maximum Gasteiger partial charge on any atom is 1.00 e. The third kappa shape index (κ3) is 8.09. The van der Waals surface area contributed by atoms with Gasteiger partial charge in [0.05, 0.1) is 0 Å². The molecule has 1 atom stereocenters. The van der Waals surface area contributed by atoms with Crippen molar-refractivity contribution in [1.29, 1.82) is 0 Å². The molecule has 0 amide bonds. The number of hydrogen-bond donors (Lipinski definition) is 0. The molecule has 6 heteroatoms. The van der Waals surface area contributed by atoms with Crippen LogP contribution in [0.2, 0.25) is 0 Å². The third-order valence-corrected chi connectivity index (χ3v) is 2.14. The summed E-state index contributed by atoms with van der Waals surface area (Å²) in [5, 5.41) is 0. The van der Waals surface area contributed by atoms with Gasteiger partial charge in [-0.05, 0) is 32.9 Å². The van der Waals surface area contributed by atoms with Crippen molar-refractivity contribution in [1.82, 2.24) is 4.90 Å². The van der Waals surface area contributed by atoms with Gasteiger partial charge in [-0.3, -0.25) is 0 Å². The molecule has 1 fully saturated rings. The average Bonchev–Trinajstić information content (AvgIpc) is 2.31. The van der Waals surface area contributed by atoms with Crippen LogP contribution in [0.5, 0.6) is 0 Å². The second kappa shape index (κ2) is 5.47. The first-order valence-electron chi connectivity index (χ1n) is 4.42. The molecule has 1 nitrogen and oxygen atoms in total. The van der Waals surface area contributed by atoms with E-state index in [-0.39, 0.29) is 1.43 Å². The number of hydrogen-bond acceptors (Lipinski definition) is 1. The third-order valence-electron chi connectivity index (χ3n) is 2.14. The lowest BCUT2D eigenvalue weighted by molar-refractivity contribution is 0.304. The topological polar surface area (TPSA) is 3.24 Å². The van der Waals surface area contributed by atoms with Crippen LogP contribution in [0.3, 0.4) is 0 Å². The molecule has 1 rings (SSSR count). The van der Waals surface area contributed by atoms with E-state index in [0.29, 0.717) is 0 Å². The molecule has 13 heavy (non-hydrogen) atoms. The van der Waals surface area contributed by atoms with E-state index in [1.54, 1.807) is 0 Å². The van der Waals surface area contributed by atoms with Gasteiger partial charge in [0.2, 0.25) is 0 Å². The molecule has 1 saturated heterocycles. The standard InChI is InChI=1S/C7H15N.BF4/c1-3-7-5-4-6-8(7)2;2-1(3,4)5/h7H,3-6H2,1-2H3;/q;-1/p+1. The quantitative estimate of drug-likeness (QED) is 0.465. The van der Waals surface area contributed by atoms with Gasteiger partial charge in [0.25, 0.3) is 0 Å². The molecular weight excluding hydrogens is 185 g/mol. The summed E-state index contributed by atoms with van der Waals surface area (Å²) in [6.07, 6.45) is 4.17. The zero-order chi connectivity index (χ0) is 10.5. The molecule has 0 bridgehead atoms. The SMILES string of the molecule is CCC1CCCN1C.F[B-](F)(F)F.[H+]. The zero-order valence-corrected chi connectivity index (χ0v) is 7.94. The Hall–Kier alpha value is -0.255. The van der Waals surface area contributed by atoms with Gasteiger partial charge < -0.3 is 22.2 Å². The average molecular weight is 201 g/mol. The lowest BCUT2D eigenvalue weighted by atomic mass is 10.2. The molecule has 1 heterocycles. The molecule has 1 unspecified atom stereocenters. The highest BCUT2D eigenvalue weighted by Crippen LogP contribution is 2.16. The van der Waals surface area contributed by atoms with E-state index in [1.165, 1.54) is 25.8 Å². The fourth-order valence-corrected chi connectivity index (χ4v) is 1.50. The smallest absolute Gasteiger partial charge is 0.418 e. The van der Waals surface area contributed by atoms with E-state index in [9.17, 15) is 17.3 Å². The molecule has 0 aromatic carbocycles. The van der Waals surface area contributed by atoms with Crippen molar-refractivity contribution in [3.8, 4) is 0 Å². The number of nitrogens with zero attached hydrogens (tertiary/aromatic N) is 1. The van der Waals surface area contributed by atoms with Gasteiger partial charge in [-0.2, -0.15) is 0 Å². The first kappa shape index (κ1) is 12.7. The second-order valence-electron chi connectivity index (χ2n) is 3.18. The molecular formula is C7H16BF4N. The van der Waals surface area contributed by atoms with E-state index in [2.05, 4.69) is 18.9 Å². The summed E-state index contributed by atoms with van der Waals surface area (Å²) >= 11 is 0. The Morgan fingerprint density at radius 2 is 1.85 bits per heavy atom. The molecule has 1 aliphatic heterocycles. The van der Waals surface area contributed by atoms with Crippen molar-refractivity contribution in [2.75, 3.05) is 13.6 Å². The highest BCUT2D eigenvalue weighted by Gasteiger charge is 2.20. The minimum Gasteiger partial charge on any atom is -0.418 e. The largest absolute Gasteiger partial charge is 1.00 e. The minimum absolute atomic E-state index is 0. The Morgan fingerprint density at radius 1 is 1.38 bits per heavy atom. The van der Waals surface area contributed by atoms with Gasteiger partial charge in [-0.25, -0.2) is 0 Å². The Balaban J connectivity index is 0. The van der Waals surface area contributed by atoms with Crippen LogP contribution in [-0.4, -0.2) is 31.8 Å². The molecule has 0 N–H and O–H groups in total. The Bertz CT molecular complexity index is 138. The predicted octanol–water partition coefficient (Wildman–Crippen LogP) is 2.90. The summed E-state index contributed by atoms with van der Waals surface area (Å²) in [7, 11) is -3.78. The summed E-state index contributed by atoms with van der Waals surface area (Å²) in [5.74, 6) is 0. The Labute approximate surface area is 77.7 Å². The fraction of sp³-hybridized carbons (Fsp3) is 1.00. The first-order chi connectivity index (χ1) is 5.84. The van der Waals surface area contributed by atoms with Crippen LogP contribution in [-0.2, 0) is 0 Å². The predicted molar refractivity (Wildman–Crippen MR) is 47.2 cm³/mol. The normalized spacial score (nSPS) is 24.0. The van der Waals surface area contributed by atoms with Crippen molar-refractivity contribution >= 4 is 7.25 Å². The van der Waals surface area contributed by atoms with Crippen LogP contribution in [0.4, 0.5) is 17.3 Å². The van der Waals surface area contributed by atoms with Crippen molar-refractivity contribution in [3.05, 3.63) is 0 Å². The molecule has 1 aliphatic rings. The van der Waals surface area contributed by atoms with Gasteiger partial charge in [0.15, 0.2) is 0 Å². The van der Waals surface area contributed by atoms with Crippen LogP contribution in [0, 0.1) is 0 Å². The molecule has 0 spiro atoms. The fourth-order valence-electron chi connectivity index (χ4n) is 1.50. The van der Waals surface area contributed by atoms with E-state index in [1.807, 2.05) is 0 Å². The van der Waals surface area contributed by atoms with Crippen molar-refractivity contribution in [2.45, 2.75) is 32.2 Å². The highest BCUT2D eigenvalue weighted by molar-refractivity contribution is 6.50. The first-order valence-corrected chi connectivity index (χ1v) is 4.42. The number of halogens is 4. The van der Waals surface area contributed by atoms with E-state index in [4.69, 9.17) is 0 Å². The second-order valence-corrected chi connectivity index (χ2v) is 3.18. The summed E-state index contributed by atoms with van der Waals surface area (Å²) in [6, 6.07) is 0.898. The van der Waals surface area contributed by atoms with E-state index in [0.717, 1.165) is 6.04 Å². The molecule has 0 radical (unpaired) electrons. The van der Waals surface area contributed by atoms with Gasteiger partial charge in [0.1, 0.15) is 0 Å². The number of rotatable bonds is 1. The Kier molecular flexibility index (Phi) is 5.36. The van der Waals surface area contributed by atoms with Gasteiger partial charge in [-0.15, -0.1) is 0 Å². The molecule has 80 valence electrons. The van der Waals surface area contributed by atoms with E-state index >= 15 is 0 Å². The van der Waals surface area contributed by atoms with Crippen LogP contribution in [0.15, 0.2) is 0 Å². The maximum atomic E-state index is 9.75. The van der Waals surface area contributed by atoms with Crippen molar-refractivity contribution in [3.63, 3.8) is 0 Å². The summed E-state index contributed by atoms with van der Waals surface area (Å²) in [6.45, 7) is 3.59. The van der Waals surface area contributed by atoms with Crippen molar-refractivity contribution < 1.29 is 18.7 Å². The van der Waals surface area contributed by atoms with Crippen LogP contribution < -0.4 is 0 Å². The van der Waals surface area contributed by atoms with Crippen LogP contribution in [0.1, 0.15) is 27.6 Å². The minimum atomic E-state index is -6.00. The summed E-state index contributed by atoms with van der Waals surface area (Å²) < 4.78 is 39.0. The maximum absolute atomic E-state index is 9.75.